The molecule has 1 aromatic rings. The molecule has 0 aliphatic heterocycles. The number of nitrogens with zero attached hydrogens (tertiary/aromatic N) is 2. The van der Waals surface area contributed by atoms with E-state index >= 15 is 0 Å². The molecule has 0 fully saturated rings. The standard InChI is InChI=1S/C7H6ClF3N2O2/c8-5-6(14)13(2-1-12-5)3-4-15-7(9,10)11/h1-2H,3-4H2. The minimum Gasteiger partial charge on any atom is -0.309 e. The molecule has 0 saturated heterocycles. The first-order chi connectivity index (χ1) is 6.90. The molecule has 0 atom stereocenters. The van der Waals surface area contributed by atoms with E-state index in [1.165, 1.54) is 12.4 Å². The highest BCUT2D eigenvalue weighted by Crippen LogP contribution is 2.15. The third-order valence-electron chi connectivity index (χ3n) is 1.47. The highest BCUT2D eigenvalue weighted by molar-refractivity contribution is 6.29. The summed E-state index contributed by atoms with van der Waals surface area (Å²) in [6.07, 6.45) is -2.24. The molecule has 1 aromatic heterocycles. The Kier molecular flexibility index (Phi) is 3.70. The van der Waals surface area contributed by atoms with Crippen LogP contribution in [0.2, 0.25) is 5.15 Å². The zero-order chi connectivity index (χ0) is 11.5. The van der Waals surface area contributed by atoms with Gasteiger partial charge in [0, 0.05) is 18.9 Å². The molecular weight excluding hydrogens is 237 g/mol. The molecule has 0 bridgehead atoms. The smallest absolute Gasteiger partial charge is 0.309 e. The van der Waals surface area contributed by atoms with E-state index in [4.69, 9.17) is 11.6 Å². The van der Waals surface area contributed by atoms with E-state index in [0.29, 0.717) is 0 Å². The minimum absolute atomic E-state index is 0.236. The zero-order valence-corrected chi connectivity index (χ0v) is 8.05. The van der Waals surface area contributed by atoms with E-state index in [-0.39, 0.29) is 11.7 Å². The van der Waals surface area contributed by atoms with E-state index in [1.54, 1.807) is 0 Å². The van der Waals surface area contributed by atoms with E-state index in [2.05, 4.69) is 9.72 Å². The number of halogens is 4. The first-order valence-corrected chi connectivity index (χ1v) is 4.19. The van der Waals surface area contributed by atoms with E-state index in [1.807, 2.05) is 0 Å². The molecule has 0 radical (unpaired) electrons. The number of aromatic nitrogens is 2. The van der Waals surface area contributed by atoms with Gasteiger partial charge < -0.3 is 4.57 Å². The number of hydrogen-bond donors (Lipinski definition) is 0. The van der Waals surface area contributed by atoms with Crippen molar-refractivity contribution in [2.75, 3.05) is 6.61 Å². The Morgan fingerprint density at radius 1 is 1.53 bits per heavy atom. The molecule has 0 aromatic carbocycles. The highest BCUT2D eigenvalue weighted by atomic mass is 35.5. The molecule has 1 heterocycles. The number of hydrogen-bond acceptors (Lipinski definition) is 3. The topological polar surface area (TPSA) is 44.1 Å². The van der Waals surface area contributed by atoms with Gasteiger partial charge in [-0.15, -0.1) is 13.2 Å². The van der Waals surface area contributed by atoms with Crippen LogP contribution >= 0.6 is 11.6 Å². The van der Waals surface area contributed by atoms with Crippen molar-refractivity contribution in [1.29, 1.82) is 0 Å². The van der Waals surface area contributed by atoms with E-state index in [9.17, 15) is 18.0 Å². The second-order valence-electron chi connectivity index (χ2n) is 2.51. The van der Waals surface area contributed by atoms with Crippen molar-refractivity contribution in [2.24, 2.45) is 0 Å². The van der Waals surface area contributed by atoms with Gasteiger partial charge in [0.25, 0.3) is 5.56 Å². The average molecular weight is 243 g/mol. The molecule has 0 saturated carbocycles. The van der Waals surface area contributed by atoms with Crippen molar-refractivity contribution < 1.29 is 17.9 Å². The van der Waals surface area contributed by atoms with Crippen molar-refractivity contribution in [3.8, 4) is 0 Å². The molecule has 8 heteroatoms. The first kappa shape index (κ1) is 12.0. The lowest BCUT2D eigenvalue weighted by Crippen LogP contribution is -2.25. The van der Waals surface area contributed by atoms with Gasteiger partial charge in [0.1, 0.15) is 0 Å². The van der Waals surface area contributed by atoms with Crippen LogP contribution in [0.25, 0.3) is 0 Å². The quantitative estimate of drug-likeness (QED) is 0.805. The first-order valence-electron chi connectivity index (χ1n) is 3.82. The lowest BCUT2D eigenvalue weighted by atomic mass is 10.6. The van der Waals surface area contributed by atoms with Crippen LogP contribution in [0.15, 0.2) is 17.2 Å². The van der Waals surface area contributed by atoms with Crippen LogP contribution in [0.3, 0.4) is 0 Å². The molecule has 0 aliphatic carbocycles. The van der Waals surface area contributed by atoms with Crippen LogP contribution in [0, 0.1) is 0 Å². The Labute approximate surface area is 87.3 Å². The summed E-state index contributed by atoms with van der Waals surface area (Å²) < 4.78 is 39.3. The lowest BCUT2D eigenvalue weighted by molar-refractivity contribution is -0.325. The summed E-state index contributed by atoms with van der Waals surface area (Å²) in [7, 11) is 0. The fraction of sp³-hybridized carbons (Fsp3) is 0.429. The summed E-state index contributed by atoms with van der Waals surface area (Å²) in [5.74, 6) is 0. The molecule has 84 valence electrons. The largest absolute Gasteiger partial charge is 0.522 e. The van der Waals surface area contributed by atoms with Crippen LogP contribution < -0.4 is 5.56 Å². The molecule has 4 nitrogen and oxygen atoms in total. The van der Waals surface area contributed by atoms with Gasteiger partial charge >= 0.3 is 6.36 Å². The fourth-order valence-corrected chi connectivity index (χ4v) is 1.02. The van der Waals surface area contributed by atoms with Crippen molar-refractivity contribution in [3.63, 3.8) is 0 Å². The Morgan fingerprint density at radius 2 is 2.20 bits per heavy atom. The zero-order valence-electron chi connectivity index (χ0n) is 7.29. The Morgan fingerprint density at radius 3 is 2.80 bits per heavy atom. The molecule has 0 unspecified atom stereocenters. The number of ether oxygens (including phenoxy) is 1. The summed E-state index contributed by atoms with van der Waals surface area (Å²) in [6, 6.07) is 0. The van der Waals surface area contributed by atoms with Crippen molar-refractivity contribution in [1.82, 2.24) is 9.55 Å². The maximum absolute atomic E-state index is 11.6. The van der Waals surface area contributed by atoms with Gasteiger partial charge in [0.05, 0.1) is 6.61 Å². The maximum Gasteiger partial charge on any atom is 0.522 e. The Hall–Kier alpha value is -1.08. The van der Waals surface area contributed by atoms with Gasteiger partial charge in [-0.1, -0.05) is 11.6 Å². The van der Waals surface area contributed by atoms with Crippen LogP contribution in [0.5, 0.6) is 0 Å². The summed E-state index contributed by atoms with van der Waals surface area (Å²) in [5.41, 5.74) is -0.648. The minimum atomic E-state index is -4.69. The second kappa shape index (κ2) is 4.63. The van der Waals surface area contributed by atoms with Crippen LogP contribution in [-0.2, 0) is 11.3 Å². The third-order valence-corrected chi connectivity index (χ3v) is 1.73. The number of rotatable bonds is 3. The lowest BCUT2D eigenvalue weighted by Gasteiger charge is -2.08. The van der Waals surface area contributed by atoms with Crippen LogP contribution in [0.4, 0.5) is 13.2 Å². The molecule has 0 amide bonds. The summed E-state index contributed by atoms with van der Waals surface area (Å²) in [4.78, 5) is 14.6. The Bertz CT molecular complexity index is 391. The fourth-order valence-electron chi connectivity index (χ4n) is 0.856. The van der Waals surface area contributed by atoms with Crippen molar-refractivity contribution >= 4 is 11.6 Å². The van der Waals surface area contributed by atoms with Gasteiger partial charge in [-0.2, -0.15) is 0 Å². The Balaban J connectivity index is 2.59. The third kappa shape index (κ3) is 3.88. The van der Waals surface area contributed by atoms with Gasteiger partial charge in [-0.05, 0) is 0 Å². The van der Waals surface area contributed by atoms with Crippen molar-refractivity contribution in [2.45, 2.75) is 12.9 Å². The number of alkyl halides is 3. The van der Waals surface area contributed by atoms with Crippen molar-refractivity contribution in [3.05, 3.63) is 27.9 Å². The molecule has 0 aliphatic rings. The summed E-state index contributed by atoms with van der Waals surface area (Å²) in [6.45, 7) is -0.885. The van der Waals surface area contributed by atoms with Gasteiger partial charge in [0.15, 0.2) is 5.15 Å². The van der Waals surface area contributed by atoms with Gasteiger partial charge in [-0.3, -0.25) is 9.53 Å². The molecule has 15 heavy (non-hydrogen) atoms. The normalized spacial score (nSPS) is 11.7. The van der Waals surface area contributed by atoms with Crippen LogP contribution in [0.1, 0.15) is 0 Å². The predicted octanol–water partition coefficient (Wildman–Crippen LogP) is 1.43. The van der Waals surface area contributed by atoms with Gasteiger partial charge in [-0.25, -0.2) is 4.98 Å². The SMILES string of the molecule is O=c1c(Cl)nccn1CCOC(F)(F)F. The second-order valence-corrected chi connectivity index (χ2v) is 2.87. The van der Waals surface area contributed by atoms with E-state index < -0.39 is 18.5 Å². The van der Waals surface area contributed by atoms with E-state index in [0.717, 1.165) is 4.57 Å². The molecule has 0 spiro atoms. The molecule has 1 rings (SSSR count). The van der Waals surface area contributed by atoms with Crippen LogP contribution in [-0.4, -0.2) is 22.5 Å². The average Bonchev–Trinajstić information content (AvgIpc) is 2.10. The summed E-state index contributed by atoms with van der Waals surface area (Å²) >= 11 is 5.38. The molecule has 0 N–H and O–H groups in total. The monoisotopic (exact) mass is 242 g/mol. The summed E-state index contributed by atoms with van der Waals surface area (Å²) in [5, 5.41) is -0.287. The highest BCUT2D eigenvalue weighted by Gasteiger charge is 2.28. The van der Waals surface area contributed by atoms with Gasteiger partial charge in [0.2, 0.25) is 0 Å². The molecular formula is C7H6ClF3N2O2. The predicted molar refractivity (Wildman–Crippen MR) is 45.5 cm³/mol. The maximum atomic E-state index is 11.6.